The topological polar surface area (TPSA) is 26.0 Å². The van der Waals surface area contributed by atoms with E-state index in [4.69, 9.17) is 9.40 Å². The lowest BCUT2D eigenvalue weighted by Crippen LogP contribution is -1.86. The molecule has 2 heteroatoms. The van der Waals surface area contributed by atoms with Gasteiger partial charge in [0.05, 0.1) is 5.69 Å². The lowest BCUT2D eigenvalue weighted by molar-refractivity contribution is 0.619. The van der Waals surface area contributed by atoms with Crippen molar-refractivity contribution < 1.29 is 4.42 Å². The Morgan fingerprint density at radius 2 is 1.48 bits per heavy atom. The molecule has 0 radical (unpaired) electrons. The van der Waals surface area contributed by atoms with Gasteiger partial charge >= 0.3 is 0 Å². The monoisotopic (exact) mass is 299 g/mol. The summed E-state index contributed by atoms with van der Waals surface area (Å²) in [5.74, 6) is 0.852. The fraction of sp³-hybridized carbons (Fsp3) is 0.0952. The van der Waals surface area contributed by atoms with Crippen molar-refractivity contribution in [2.24, 2.45) is 0 Å². The summed E-state index contributed by atoms with van der Waals surface area (Å²) in [7, 11) is 0. The quantitative estimate of drug-likeness (QED) is 0.469. The van der Waals surface area contributed by atoms with Crippen molar-refractivity contribution in [2.45, 2.75) is 13.8 Å². The van der Waals surface area contributed by atoms with Crippen LogP contribution in [-0.4, -0.2) is 4.98 Å². The molecule has 0 spiro atoms. The molecule has 2 aromatic heterocycles. The van der Waals surface area contributed by atoms with Crippen molar-refractivity contribution in [1.29, 1.82) is 0 Å². The van der Waals surface area contributed by atoms with Crippen molar-refractivity contribution in [3.05, 3.63) is 77.9 Å². The van der Waals surface area contributed by atoms with Crippen molar-refractivity contribution in [3.8, 4) is 22.6 Å². The molecule has 2 heterocycles. The zero-order valence-electron chi connectivity index (χ0n) is 13.2. The zero-order valence-corrected chi connectivity index (χ0v) is 13.2. The van der Waals surface area contributed by atoms with Gasteiger partial charge in [0.1, 0.15) is 5.76 Å². The Bertz CT molecular complexity index is 963. The van der Waals surface area contributed by atoms with Gasteiger partial charge in [0.2, 0.25) is 5.71 Å². The van der Waals surface area contributed by atoms with Gasteiger partial charge < -0.3 is 4.42 Å². The molecule has 112 valence electrons. The zero-order chi connectivity index (χ0) is 15.8. The van der Waals surface area contributed by atoms with E-state index in [1.807, 2.05) is 36.4 Å². The maximum atomic E-state index is 5.97. The first-order valence-corrected chi connectivity index (χ1v) is 7.74. The first kappa shape index (κ1) is 13.8. The number of furan rings is 1. The van der Waals surface area contributed by atoms with E-state index in [1.165, 1.54) is 11.1 Å². The van der Waals surface area contributed by atoms with Crippen LogP contribution >= 0.6 is 0 Å². The molecular weight excluding hydrogens is 282 g/mol. The van der Waals surface area contributed by atoms with Crippen LogP contribution < -0.4 is 0 Å². The molecule has 4 aromatic rings. The fourth-order valence-corrected chi connectivity index (χ4v) is 2.95. The highest BCUT2D eigenvalue weighted by Crippen LogP contribution is 2.29. The molecule has 0 bridgehead atoms. The maximum Gasteiger partial charge on any atom is 0.227 e. The van der Waals surface area contributed by atoms with E-state index in [-0.39, 0.29) is 0 Å². The van der Waals surface area contributed by atoms with Gasteiger partial charge in [-0.1, -0.05) is 47.5 Å². The normalized spacial score (nSPS) is 11.0. The smallest absolute Gasteiger partial charge is 0.227 e. The summed E-state index contributed by atoms with van der Waals surface area (Å²) in [6.45, 7) is 4.21. The van der Waals surface area contributed by atoms with E-state index >= 15 is 0 Å². The van der Waals surface area contributed by atoms with Crippen LogP contribution in [0.15, 0.2) is 71.1 Å². The third-order valence-corrected chi connectivity index (χ3v) is 3.96. The summed E-state index contributed by atoms with van der Waals surface area (Å²) in [5.41, 5.74) is 6.30. The largest absolute Gasteiger partial charge is 0.438 e. The van der Waals surface area contributed by atoms with E-state index in [9.17, 15) is 0 Å². The highest BCUT2D eigenvalue weighted by atomic mass is 16.3. The second-order valence-corrected chi connectivity index (χ2v) is 5.94. The Morgan fingerprint density at radius 1 is 0.739 bits per heavy atom. The molecule has 2 aromatic carbocycles. The molecule has 0 fully saturated rings. The van der Waals surface area contributed by atoms with Crippen LogP contribution in [0.2, 0.25) is 0 Å². The van der Waals surface area contributed by atoms with Crippen molar-refractivity contribution in [2.75, 3.05) is 0 Å². The second-order valence-electron chi connectivity index (χ2n) is 5.94. The fourth-order valence-electron chi connectivity index (χ4n) is 2.95. The number of pyridine rings is 1. The minimum Gasteiger partial charge on any atom is -0.438 e. The third-order valence-electron chi connectivity index (χ3n) is 3.96. The molecule has 23 heavy (non-hydrogen) atoms. The number of benzene rings is 2. The van der Waals surface area contributed by atoms with Gasteiger partial charge in [-0.05, 0) is 44.2 Å². The summed E-state index contributed by atoms with van der Waals surface area (Å²) in [4.78, 5) is 4.71. The molecule has 2 nitrogen and oxygen atoms in total. The minimum absolute atomic E-state index is 0.681. The predicted octanol–water partition coefficient (Wildman–Crippen LogP) is 5.78. The molecule has 4 rings (SSSR count). The maximum absolute atomic E-state index is 5.97. The molecule has 0 aliphatic rings. The standard InChI is InChI=1S/C21H17NO/c1-14-10-15(2)12-18(11-14)19-9-8-17-13-20(23-21(17)22-19)16-6-4-3-5-7-16/h3-13H,1-2H3. The Morgan fingerprint density at radius 3 is 2.22 bits per heavy atom. The number of rotatable bonds is 2. The van der Waals surface area contributed by atoms with E-state index < -0.39 is 0 Å². The van der Waals surface area contributed by atoms with E-state index in [2.05, 4.69) is 44.2 Å². The average molecular weight is 299 g/mol. The molecule has 0 amide bonds. The number of fused-ring (bicyclic) bond motifs is 1. The van der Waals surface area contributed by atoms with E-state index in [0.717, 1.165) is 28.0 Å². The van der Waals surface area contributed by atoms with Gasteiger partial charge in [-0.25, -0.2) is 4.98 Å². The van der Waals surface area contributed by atoms with Crippen LogP contribution in [0, 0.1) is 13.8 Å². The van der Waals surface area contributed by atoms with Crippen LogP contribution in [-0.2, 0) is 0 Å². The van der Waals surface area contributed by atoms with Crippen LogP contribution in [0.5, 0.6) is 0 Å². The molecule has 0 saturated carbocycles. The van der Waals surface area contributed by atoms with Gasteiger partial charge in [0.25, 0.3) is 0 Å². The van der Waals surface area contributed by atoms with Crippen LogP contribution in [0.1, 0.15) is 11.1 Å². The van der Waals surface area contributed by atoms with Crippen molar-refractivity contribution in [1.82, 2.24) is 4.98 Å². The molecule has 0 saturated heterocycles. The Hall–Kier alpha value is -2.87. The SMILES string of the molecule is Cc1cc(C)cc(-c2ccc3cc(-c4ccccc4)oc3n2)c1. The summed E-state index contributed by atoms with van der Waals surface area (Å²) in [6, 6.07) is 22.8. The Kier molecular flexibility index (Phi) is 3.23. The molecule has 0 aliphatic heterocycles. The minimum atomic E-state index is 0.681. The number of nitrogens with zero attached hydrogens (tertiary/aromatic N) is 1. The summed E-state index contributed by atoms with van der Waals surface area (Å²) in [6.07, 6.45) is 0. The lowest BCUT2D eigenvalue weighted by Gasteiger charge is -2.04. The summed E-state index contributed by atoms with van der Waals surface area (Å²) >= 11 is 0. The van der Waals surface area contributed by atoms with Crippen LogP contribution in [0.3, 0.4) is 0 Å². The molecular formula is C21H17NO. The molecule has 0 N–H and O–H groups in total. The predicted molar refractivity (Wildman–Crippen MR) is 94.4 cm³/mol. The van der Waals surface area contributed by atoms with Gasteiger partial charge in [0, 0.05) is 16.5 Å². The number of aryl methyl sites for hydroxylation is 2. The number of aromatic nitrogens is 1. The third kappa shape index (κ3) is 2.64. The van der Waals surface area contributed by atoms with Crippen molar-refractivity contribution >= 4 is 11.1 Å². The van der Waals surface area contributed by atoms with Gasteiger partial charge in [-0.3, -0.25) is 0 Å². The second kappa shape index (κ2) is 5.40. The first-order valence-electron chi connectivity index (χ1n) is 7.74. The summed E-state index contributed by atoms with van der Waals surface area (Å²) < 4.78 is 5.97. The Balaban J connectivity index is 1.82. The van der Waals surface area contributed by atoms with Crippen molar-refractivity contribution in [3.63, 3.8) is 0 Å². The lowest BCUT2D eigenvalue weighted by atomic mass is 10.0. The Labute approximate surface area is 135 Å². The molecule has 0 atom stereocenters. The highest BCUT2D eigenvalue weighted by Gasteiger charge is 2.09. The number of hydrogen-bond donors (Lipinski definition) is 0. The van der Waals surface area contributed by atoms with E-state index in [0.29, 0.717) is 5.71 Å². The van der Waals surface area contributed by atoms with Crippen LogP contribution in [0.4, 0.5) is 0 Å². The van der Waals surface area contributed by atoms with Gasteiger partial charge in [-0.2, -0.15) is 0 Å². The van der Waals surface area contributed by atoms with Crippen LogP contribution in [0.25, 0.3) is 33.7 Å². The van der Waals surface area contributed by atoms with Gasteiger partial charge in [0.15, 0.2) is 0 Å². The average Bonchev–Trinajstić information content (AvgIpc) is 2.98. The molecule has 0 aliphatic carbocycles. The highest BCUT2D eigenvalue weighted by molar-refractivity contribution is 5.82. The summed E-state index contributed by atoms with van der Waals surface area (Å²) in [5, 5.41) is 1.02. The first-order chi connectivity index (χ1) is 11.2. The van der Waals surface area contributed by atoms with E-state index in [1.54, 1.807) is 0 Å². The molecule has 0 unspecified atom stereocenters. The number of hydrogen-bond acceptors (Lipinski definition) is 2. The van der Waals surface area contributed by atoms with Gasteiger partial charge in [-0.15, -0.1) is 0 Å².